The summed E-state index contributed by atoms with van der Waals surface area (Å²) in [5.41, 5.74) is 14.3. The van der Waals surface area contributed by atoms with E-state index in [1.54, 1.807) is 0 Å². The first-order chi connectivity index (χ1) is 30.3. The van der Waals surface area contributed by atoms with Crippen molar-refractivity contribution in [1.29, 1.82) is 0 Å². The van der Waals surface area contributed by atoms with Gasteiger partial charge in [0.25, 0.3) is 0 Å². The van der Waals surface area contributed by atoms with Crippen molar-refractivity contribution < 1.29 is 0 Å². The molecule has 1 aliphatic rings. The molecule has 0 fully saturated rings. The molecule has 0 unspecified atom stereocenters. The molecule has 0 aliphatic heterocycles. The predicted molar refractivity (Wildman–Crippen MR) is 263 cm³/mol. The summed E-state index contributed by atoms with van der Waals surface area (Å²) in [7, 11) is 0. The Bertz CT molecular complexity index is 3470. The third kappa shape index (κ3) is 6.00. The lowest BCUT2D eigenvalue weighted by Gasteiger charge is -2.33. The van der Waals surface area contributed by atoms with Crippen molar-refractivity contribution in [3.63, 3.8) is 0 Å². The molecule has 288 valence electrons. The zero-order valence-corrected chi connectivity index (χ0v) is 34.3. The highest BCUT2D eigenvalue weighted by atomic mass is 32.1. The van der Waals surface area contributed by atoms with Crippen LogP contribution in [0.4, 0.5) is 11.4 Å². The molecule has 0 radical (unpaired) electrons. The molecule has 9 aromatic carbocycles. The van der Waals surface area contributed by atoms with E-state index in [0.29, 0.717) is 0 Å². The standard InChI is InChI=1S/C58H40N2S/c1-2-15-41(16-3-1)47-35-31-43(46-23-14-18-40-17-4-5-19-45(40)46)38-56(47)59(44-33-29-39(30-34-44)42-32-36-58-51(37-42)50-22-8-13-28-57(50)61-58)54-26-11-12-27-55(54)60-52-24-9-6-20-48(52)49-21-7-10-25-53(49)60/h1-11,13-26,28-38H,12,27H2. The molecule has 0 amide bonds. The quantitative estimate of drug-likeness (QED) is 0.156. The lowest BCUT2D eigenvalue weighted by atomic mass is 9.93. The van der Waals surface area contributed by atoms with Gasteiger partial charge in [-0.25, -0.2) is 0 Å². The SMILES string of the molecule is C1=CC(N(c2ccc(-c3ccc4sc5ccccc5c4c3)cc2)c2cc(-c3cccc4ccccc34)ccc2-c2ccccc2)=C(n2c3ccccc3c3ccccc32)CC1. The van der Waals surface area contributed by atoms with Gasteiger partial charge in [0.05, 0.1) is 22.4 Å². The van der Waals surface area contributed by atoms with Crippen molar-refractivity contribution in [2.75, 3.05) is 4.90 Å². The lowest BCUT2D eigenvalue weighted by Crippen LogP contribution is -2.21. The van der Waals surface area contributed by atoms with Crippen molar-refractivity contribution >= 4 is 81.2 Å². The van der Waals surface area contributed by atoms with Gasteiger partial charge in [0.2, 0.25) is 0 Å². The monoisotopic (exact) mass is 796 g/mol. The number of rotatable bonds is 7. The van der Waals surface area contributed by atoms with Crippen molar-refractivity contribution in [3.05, 3.63) is 224 Å². The number of allylic oxidation sites excluding steroid dienone is 3. The molecule has 2 nitrogen and oxygen atoms in total. The zero-order valence-electron chi connectivity index (χ0n) is 33.5. The summed E-state index contributed by atoms with van der Waals surface area (Å²) >= 11 is 1.86. The van der Waals surface area contributed by atoms with E-state index in [0.717, 1.165) is 24.2 Å². The first kappa shape index (κ1) is 35.5. The van der Waals surface area contributed by atoms with E-state index in [1.165, 1.54) is 97.5 Å². The second kappa shape index (κ2) is 14.7. The minimum atomic E-state index is 0.904. The van der Waals surface area contributed by atoms with Crippen LogP contribution in [0.2, 0.25) is 0 Å². The Morgan fingerprint density at radius 1 is 0.426 bits per heavy atom. The molecule has 0 N–H and O–H groups in total. The third-order valence-corrected chi connectivity index (χ3v) is 13.6. The average Bonchev–Trinajstić information content (AvgIpc) is 3.88. The van der Waals surface area contributed by atoms with E-state index in [2.05, 4.69) is 228 Å². The van der Waals surface area contributed by atoms with E-state index in [4.69, 9.17) is 0 Å². The fourth-order valence-electron chi connectivity index (χ4n) is 9.62. The summed E-state index contributed by atoms with van der Waals surface area (Å²) < 4.78 is 5.18. The van der Waals surface area contributed by atoms with Gasteiger partial charge in [0, 0.05) is 47.9 Å². The van der Waals surface area contributed by atoms with Gasteiger partial charge in [-0.05, 0) is 106 Å². The second-order valence-electron chi connectivity index (χ2n) is 16.0. The molecule has 0 spiro atoms. The maximum Gasteiger partial charge on any atom is 0.0657 e. The summed E-state index contributed by atoms with van der Waals surface area (Å²) in [4.78, 5) is 2.53. The van der Waals surface area contributed by atoms with Crippen molar-refractivity contribution in [3.8, 4) is 33.4 Å². The number of hydrogen-bond donors (Lipinski definition) is 0. The van der Waals surface area contributed by atoms with Gasteiger partial charge >= 0.3 is 0 Å². The van der Waals surface area contributed by atoms with Crippen LogP contribution >= 0.6 is 11.3 Å². The lowest BCUT2D eigenvalue weighted by molar-refractivity contribution is 0.947. The minimum absolute atomic E-state index is 0.904. The van der Waals surface area contributed by atoms with Crippen molar-refractivity contribution in [2.24, 2.45) is 0 Å². The maximum absolute atomic E-state index is 2.53. The van der Waals surface area contributed by atoms with Gasteiger partial charge in [-0.2, -0.15) is 0 Å². The van der Waals surface area contributed by atoms with Crippen LogP contribution in [0.1, 0.15) is 12.8 Å². The van der Waals surface area contributed by atoms with E-state index < -0.39 is 0 Å². The average molecular weight is 797 g/mol. The first-order valence-electron chi connectivity index (χ1n) is 21.1. The number of thiophene rings is 1. The fourth-order valence-corrected chi connectivity index (χ4v) is 10.7. The Morgan fingerprint density at radius 2 is 1.07 bits per heavy atom. The molecule has 0 saturated heterocycles. The Morgan fingerprint density at radius 3 is 1.87 bits per heavy atom. The van der Waals surface area contributed by atoms with Gasteiger partial charge in [-0.1, -0.05) is 164 Å². The van der Waals surface area contributed by atoms with E-state index in [9.17, 15) is 0 Å². The fraction of sp³-hybridized carbons (Fsp3) is 0.0345. The van der Waals surface area contributed by atoms with Crippen LogP contribution in [0.25, 0.3) is 91.8 Å². The Balaban J connectivity index is 1.12. The number of aromatic nitrogens is 1. The highest BCUT2D eigenvalue weighted by molar-refractivity contribution is 7.25. The molecule has 2 heterocycles. The van der Waals surface area contributed by atoms with Gasteiger partial charge < -0.3 is 9.47 Å². The highest BCUT2D eigenvalue weighted by Gasteiger charge is 2.26. The molecule has 1 aliphatic carbocycles. The van der Waals surface area contributed by atoms with E-state index >= 15 is 0 Å². The van der Waals surface area contributed by atoms with Crippen LogP contribution in [0.3, 0.4) is 0 Å². The number of hydrogen-bond acceptors (Lipinski definition) is 2. The molecule has 12 rings (SSSR count). The van der Waals surface area contributed by atoms with Crippen LogP contribution in [0.15, 0.2) is 224 Å². The van der Waals surface area contributed by atoms with E-state index in [-0.39, 0.29) is 0 Å². The Labute approximate surface area is 359 Å². The summed E-state index contributed by atoms with van der Waals surface area (Å²) in [6.45, 7) is 0. The number of fused-ring (bicyclic) bond motifs is 7. The van der Waals surface area contributed by atoms with E-state index in [1.807, 2.05) is 11.3 Å². The van der Waals surface area contributed by atoms with Gasteiger partial charge in [-0.3, -0.25) is 0 Å². The number of benzene rings is 9. The van der Waals surface area contributed by atoms with Crippen LogP contribution in [-0.2, 0) is 0 Å². The van der Waals surface area contributed by atoms with Crippen molar-refractivity contribution in [2.45, 2.75) is 12.8 Å². The molecule has 0 bridgehead atoms. The smallest absolute Gasteiger partial charge is 0.0657 e. The summed E-state index contributed by atoms with van der Waals surface area (Å²) in [5, 5.41) is 7.66. The van der Waals surface area contributed by atoms with Crippen LogP contribution in [0.5, 0.6) is 0 Å². The van der Waals surface area contributed by atoms with Gasteiger partial charge in [0.15, 0.2) is 0 Å². The molecule has 61 heavy (non-hydrogen) atoms. The van der Waals surface area contributed by atoms with Crippen LogP contribution in [-0.4, -0.2) is 4.57 Å². The molecule has 0 saturated carbocycles. The van der Waals surface area contributed by atoms with Crippen LogP contribution in [0, 0.1) is 0 Å². The molecule has 2 aromatic heterocycles. The topological polar surface area (TPSA) is 8.17 Å². The zero-order chi connectivity index (χ0) is 40.3. The Hall–Kier alpha value is -7.46. The summed E-state index contributed by atoms with van der Waals surface area (Å²) in [5.74, 6) is 0. The number of para-hydroxylation sites is 2. The Kier molecular flexibility index (Phi) is 8.53. The molecule has 0 atom stereocenters. The number of nitrogens with zero attached hydrogens (tertiary/aromatic N) is 2. The summed E-state index contributed by atoms with van der Waals surface area (Å²) in [6, 6.07) is 76.0. The second-order valence-corrected chi connectivity index (χ2v) is 17.0. The van der Waals surface area contributed by atoms with Gasteiger partial charge in [-0.15, -0.1) is 11.3 Å². The molecule has 11 aromatic rings. The highest BCUT2D eigenvalue weighted by Crippen LogP contribution is 2.46. The minimum Gasteiger partial charge on any atom is -0.311 e. The normalized spacial score (nSPS) is 13.0. The molecular formula is C58H40N2S. The maximum atomic E-state index is 2.53. The molecular weight excluding hydrogens is 757 g/mol. The predicted octanol–water partition coefficient (Wildman–Crippen LogP) is 16.7. The summed E-state index contributed by atoms with van der Waals surface area (Å²) in [6.07, 6.45) is 6.59. The third-order valence-electron chi connectivity index (χ3n) is 12.5. The molecule has 3 heteroatoms. The largest absolute Gasteiger partial charge is 0.311 e. The van der Waals surface area contributed by atoms with Gasteiger partial charge in [0.1, 0.15) is 0 Å². The van der Waals surface area contributed by atoms with Crippen molar-refractivity contribution in [1.82, 2.24) is 4.57 Å². The first-order valence-corrected chi connectivity index (χ1v) is 22.0. The van der Waals surface area contributed by atoms with Crippen LogP contribution < -0.4 is 4.90 Å². The number of anilines is 2.